The largest absolute Gasteiger partial charge is 3.00 e. The molecule has 0 saturated heterocycles. The van der Waals surface area contributed by atoms with Crippen LogP contribution in [0.3, 0.4) is 0 Å². The fourth-order valence-corrected chi connectivity index (χ4v) is 0.682. The SMILES string of the molecule is F[P-](F)(F)(F)(F)F.[C-]1=CC=CC1.[Fe+3].[c-]1ccccc1. The number of hydrogen-bond acceptors (Lipinski definition) is 0. The van der Waals surface area contributed by atoms with E-state index in [0.717, 1.165) is 6.42 Å². The molecule has 0 aliphatic heterocycles. The number of rotatable bonds is 0. The van der Waals surface area contributed by atoms with Crippen LogP contribution in [0.5, 0.6) is 0 Å². The predicted molar refractivity (Wildman–Crippen MR) is 60.4 cm³/mol. The van der Waals surface area contributed by atoms with Crippen molar-refractivity contribution >= 4 is 7.81 Å². The molecule has 0 fully saturated rings. The van der Waals surface area contributed by atoms with E-state index in [2.05, 4.69) is 18.2 Å². The molecule has 19 heavy (non-hydrogen) atoms. The van der Waals surface area contributed by atoms with E-state index in [1.807, 2.05) is 42.5 Å². The summed E-state index contributed by atoms with van der Waals surface area (Å²) >= 11 is 0. The van der Waals surface area contributed by atoms with Crippen LogP contribution in [-0.2, 0) is 17.1 Å². The molecule has 0 bridgehead atoms. The maximum Gasteiger partial charge on any atom is 3.00 e. The van der Waals surface area contributed by atoms with Crippen molar-refractivity contribution in [1.29, 1.82) is 0 Å². The average Bonchev–Trinajstić information content (AvgIpc) is 2.73. The molecule has 1 radical (unpaired) electrons. The van der Waals surface area contributed by atoms with Crippen LogP contribution in [0.4, 0.5) is 25.2 Å². The van der Waals surface area contributed by atoms with Gasteiger partial charge in [-0.2, -0.15) is 42.5 Å². The van der Waals surface area contributed by atoms with Crippen LogP contribution in [0, 0.1) is 12.1 Å². The monoisotopic (exact) mass is 343 g/mol. The van der Waals surface area contributed by atoms with E-state index in [9.17, 15) is 25.2 Å². The molecule has 0 aromatic heterocycles. The Bertz CT molecular complexity index is 347. The van der Waals surface area contributed by atoms with Crippen LogP contribution in [0.1, 0.15) is 6.42 Å². The van der Waals surface area contributed by atoms with Crippen molar-refractivity contribution in [3.8, 4) is 0 Å². The van der Waals surface area contributed by atoms with E-state index in [1.165, 1.54) is 0 Å². The normalized spacial score (nSPS) is 15.7. The van der Waals surface area contributed by atoms with Crippen molar-refractivity contribution in [2.75, 3.05) is 0 Å². The Kier molecular flexibility index (Phi) is 7.71. The first-order valence-electron chi connectivity index (χ1n) is 4.64. The summed E-state index contributed by atoms with van der Waals surface area (Å²) in [5.41, 5.74) is 0. The van der Waals surface area contributed by atoms with E-state index in [-0.39, 0.29) is 17.1 Å². The molecule has 0 unspecified atom stereocenters. The molecule has 1 aromatic carbocycles. The minimum atomic E-state index is -10.7. The molecule has 1 aromatic rings. The number of halogens is 6. The molecular weight excluding hydrogens is 333 g/mol. The van der Waals surface area contributed by atoms with Gasteiger partial charge in [0.2, 0.25) is 0 Å². The summed E-state index contributed by atoms with van der Waals surface area (Å²) < 4.78 is 59.2. The van der Waals surface area contributed by atoms with Gasteiger partial charge in [-0.15, -0.1) is 6.42 Å². The van der Waals surface area contributed by atoms with E-state index < -0.39 is 7.81 Å². The van der Waals surface area contributed by atoms with Gasteiger partial charge in [-0.3, -0.25) is 6.08 Å². The van der Waals surface area contributed by atoms with Gasteiger partial charge in [0, 0.05) is 0 Å². The van der Waals surface area contributed by atoms with Gasteiger partial charge >= 0.3 is 50.1 Å². The van der Waals surface area contributed by atoms with Crippen LogP contribution < -0.4 is 0 Å². The smallest absolute Gasteiger partial charge is 0.273 e. The molecule has 1 aliphatic rings. The summed E-state index contributed by atoms with van der Waals surface area (Å²) in [7, 11) is -10.7. The van der Waals surface area contributed by atoms with Crippen LogP contribution in [0.25, 0.3) is 0 Å². The number of benzene rings is 1. The first-order valence-corrected chi connectivity index (χ1v) is 6.67. The molecule has 0 heterocycles. The maximum atomic E-state index is 9.87. The summed E-state index contributed by atoms with van der Waals surface area (Å²) in [5.74, 6) is 0. The first kappa shape index (κ1) is 20.5. The topological polar surface area (TPSA) is 0 Å². The molecule has 0 amide bonds. The van der Waals surface area contributed by atoms with Crippen molar-refractivity contribution in [2.45, 2.75) is 6.42 Å². The van der Waals surface area contributed by atoms with E-state index in [4.69, 9.17) is 0 Å². The Hall–Kier alpha value is -0.771. The molecule has 1 aliphatic carbocycles. The van der Waals surface area contributed by atoms with Crippen molar-refractivity contribution in [3.63, 3.8) is 0 Å². The van der Waals surface area contributed by atoms with Gasteiger partial charge in [0.15, 0.2) is 0 Å². The maximum absolute atomic E-state index is 10.7. The quantitative estimate of drug-likeness (QED) is 0.229. The minimum Gasteiger partial charge on any atom is -0.273 e. The number of allylic oxidation sites excluding steroid dienone is 4. The Morgan fingerprint density at radius 2 is 1.32 bits per heavy atom. The second kappa shape index (κ2) is 7.13. The molecule has 0 N–H and O–H groups in total. The first-order chi connectivity index (χ1) is 7.95. The average molecular weight is 343 g/mol. The summed E-state index contributed by atoms with van der Waals surface area (Å²) in [6.07, 6.45) is 10.0. The van der Waals surface area contributed by atoms with Crippen molar-refractivity contribution in [2.24, 2.45) is 0 Å². The zero-order chi connectivity index (χ0) is 14.2. The minimum absolute atomic E-state index is 0. The molecule has 0 spiro atoms. The van der Waals surface area contributed by atoms with E-state index in [0.29, 0.717) is 0 Å². The predicted octanol–water partition coefficient (Wildman–Crippen LogP) is 6.17. The second-order valence-electron chi connectivity index (χ2n) is 3.04. The van der Waals surface area contributed by atoms with Crippen LogP contribution in [-0.4, -0.2) is 0 Å². The van der Waals surface area contributed by atoms with Gasteiger partial charge in [-0.05, 0) is 0 Å². The Labute approximate surface area is 117 Å². The van der Waals surface area contributed by atoms with Gasteiger partial charge in [0.25, 0.3) is 0 Å². The molecule has 109 valence electrons. The van der Waals surface area contributed by atoms with Crippen molar-refractivity contribution in [1.82, 2.24) is 0 Å². The summed E-state index contributed by atoms with van der Waals surface area (Å²) in [6.45, 7) is 0. The van der Waals surface area contributed by atoms with E-state index >= 15 is 0 Å². The second-order valence-corrected chi connectivity index (χ2v) is 4.96. The molecule has 0 atom stereocenters. The third-order valence-corrected chi connectivity index (χ3v) is 1.19. The van der Waals surface area contributed by atoms with Gasteiger partial charge in [0.1, 0.15) is 0 Å². The van der Waals surface area contributed by atoms with Gasteiger partial charge < -0.3 is 0 Å². The van der Waals surface area contributed by atoms with Crippen LogP contribution >= 0.6 is 7.81 Å². The fourth-order valence-electron chi connectivity index (χ4n) is 0.682. The molecule has 2 rings (SSSR count). The van der Waals surface area contributed by atoms with Crippen molar-refractivity contribution < 1.29 is 42.3 Å². The molecule has 8 heteroatoms. The standard InChI is InChI=1S/C6H5.C5H5.F6P.Fe/c1-2-4-6-5-3-1;1-2-4-5-3-1;1-7(2,3,4,5)6;/h1-5H;1-3H,4H2;;/q3*-1;+3. The summed E-state index contributed by atoms with van der Waals surface area (Å²) in [5, 5.41) is 0. The Balaban J connectivity index is 0. The zero-order valence-electron chi connectivity index (χ0n) is 9.39. The van der Waals surface area contributed by atoms with Gasteiger partial charge in [0.05, 0.1) is 0 Å². The third-order valence-electron chi connectivity index (χ3n) is 1.19. The van der Waals surface area contributed by atoms with Gasteiger partial charge in [-0.1, -0.05) is 0 Å². The Morgan fingerprint density at radius 3 is 1.42 bits per heavy atom. The molecular formula is C11H10F6FeP. The Morgan fingerprint density at radius 1 is 0.842 bits per heavy atom. The zero-order valence-corrected chi connectivity index (χ0v) is 11.4. The molecule has 0 nitrogen and oxygen atoms in total. The van der Waals surface area contributed by atoms with Crippen molar-refractivity contribution in [3.05, 3.63) is 60.7 Å². The van der Waals surface area contributed by atoms with Gasteiger partial charge in [-0.25, -0.2) is 12.2 Å². The summed E-state index contributed by atoms with van der Waals surface area (Å²) in [4.78, 5) is 0. The van der Waals surface area contributed by atoms with E-state index in [1.54, 1.807) is 0 Å². The summed E-state index contributed by atoms with van der Waals surface area (Å²) in [6, 6.07) is 12.5. The third kappa shape index (κ3) is 38.2. The van der Waals surface area contributed by atoms with Crippen LogP contribution in [0.15, 0.2) is 48.6 Å². The number of hydrogen-bond donors (Lipinski definition) is 0. The van der Waals surface area contributed by atoms with Crippen LogP contribution in [0.2, 0.25) is 0 Å². The fraction of sp³-hybridized carbons (Fsp3) is 0.0909. The molecule has 0 saturated carbocycles.